The van der Waals surface area contributed by atoms with E-state index in [9.17, 15) is 4.79 Å². The number of nitrogens with one attached hydrogen (secondary N) is 1. The fraction of sp³-hybridized carbons (Fsp3) is 0.381. The second kappa shape index (κ2) is 7.18. The zero-order valence-corrected chi connectivity index (χ0v) is 17.9. The van der Waals surface area contributed by atoms with Gasteiger partial charge in [0, 0.05) is 29.4 Å². The summed E-state index contributed by atoms with van der Waals surface area (Å²) in [5.74, 6) is 1.17. The topological polar surface area (TPSA) is 72.3 Å². The van der Waals surface area contributed by atoms with Crippen molar-refractivity contribution in [3.63, 3.8) is 0 Å². The molecule has 0 aromatic carbocycles. The highest BCUT2D eigenvalue weighted by atomic mass is 32.1. The molecule has 7 nitrogen and oxygen atoms in total. The van der Waals surface area contributed by atoms with Crippen molar-refractivity contribution in [3.8, 4) is 5.88 Å². The van der Waals surface area contributed by atoms with Crippen LogP contribution in [0.25, 0.3) is 10.9 Å². The third-order valence-corrected chi connectivity index (χ3v) is 5.80. The van der Waals surface area contributed by atoms with Crippen LogP contribution < -0.4 is 10.1 Å². The zero-order chi connectivity index (χ0) is 20.8. The van der Waals surface area contributed by atoms with Gasteiger partial charge in [-0.3, -0.25) is 4.79 Å². The van der Waals surface area contributed by atoms with E-state index in [1.54, 1.807) is 16.2 Å². The molecule has 1 fully saturated rings. The summed E-state index contributed by atoms with van der Waals surface area (Å²) in [6, 6.07) is 4.36. The van der Waals surface area contributed by atoms with Crippen LogP contribution in [0.2, 0.25) is 0 Å². The van der Waals surface area contributed by atoms with Crippen molar-refractivity contribution in [2.24, 2.45) is 0 Å². The van der Waals surface area contributed by atoms with Gasteiger partial charge in [-0.1, -0.05) is 6.58 Å². The Kier molecular flexibility index (Phi) is 4.82. The SMILES string of the molecule is C=CC(=O)N1CC(C)(Oc2nc(Nc3ncc(C)s3)cc3c2ccn3C(C)C)C1. The summed E-state index contributed by atoms with van der Waals surface area (Å²) in [7, 11) is 0. The van der Waals surface area contributed by atoms with Crippen LogP contribution in [0.4, 0.5) is 10.9 Å². The number of anilines is 2. The Bertz CT molecular complexity index is 1080. The van der Waals surface area contributed by atoms with Gasteiger partial charge in [-0.05, 0) is 39.8 Å². The quantitative estimate of drug-likeness (QED) is 0.613. The average Bonchev–Trinajstić information content (AvgIpc) is 3.25. The number of fused-ring (bicyclic) bond motifs is 1. The molecule has 0 bridgehead atoms. The summed E-state index contributed by atoms with van der Waals surface area (Å²) in [5, 5.41) is 5.04. The third kappa shape index (κ3) is 3.72. The van der Waals surface area contributed by atoms with Gasteiger partial charge in [-0.15, -0.1) is 11.3 Å². The molecule has 0 unspecified atom stereocenters. The predicted molar refractivity (Wildman–Crippen MR) is 116 cm³/mol. The number of thiazole rings is 1. The second-order valence-electron chi connectivity index (χ2n) is 7.91. The standard InChI is InChI=1S/C21H25N5O2S/c1-6-18(27)25-11-21(5,12-25)28-19-15-7-8-26(13(2)3)16(15)9-17(23-19)24-20-22-10-14(4)29-20/h6-10,13H,1,11-12H2,2-5H3,(H,22,23,24). The normalized spacial score (nSPS) is 15.4. The number of aromatic nitrogens is 3. The fourth-order valence-electron chi connectivity index (χ4n) is 3.58. The molecular formula is C21H25N5O2S. The number of hydrogen-bond donors (Lipinski definition) is 1. The highest BCUT2D eigenvalue weighted by Gasteiger charge is 2.43. The Morgan fingerprint density at radius 1 is 1.45 bits per heavy atom. The van der Waals surface area contributed by atoms with Crippen molar-refractivity contribution in [1.82, 2.24) is 19.4 Å². The highest BCUT2D eigenvalue weighted by Crippen LogP contribution is 2.35. The highest BCUT2D eigenvalue weighted by molar-refractivity contribution is 7.15. The Hall–Kier alpha value is -2.87. The van der Waals surface area contributed by atoms with Crippen LogP contribution in [0.5, 0.6) is 5.88 Å². The number of ether oxygens (including phenoxy) is 1. The van der Waals surface area contributed by atoms with Crippen LogP contribution in [0.15, 0.2) is 37.2 Å². The van der Waals surface area contributed by atoms with Crippen molar-refractivity contribution in [2.45, 2.75) is 39.3 Å². The number of hydrogen-bond acceptors (Lipinski definition) is 6. The minimum Gasteiger partial charge on any atom is -0.467 e. The average molecular weight is 412 g/mol. The Balaban J connectivity index is 1.68. The van der Waals surface area contributed by atoms with Gasteiger partial charge < -0.3 is 19.5 Å². The Morgan fingerprint density at radius 3 is 2.83 bits per heavy atom. The number of amides is 1. The summed E-state index contributed by atoms with van der Waals surface area (Å²) >= 11 is 1.58. The lowest BCUT2D eigenvalue weighted by Crippen LogP contribution is -2.64. The van der Waals surface area contributed by atoms with Crippen molar-refractivity contribution in [1.29, 1.82) is 0 Å². The molecule has 29 heavy (non-hydrogen) atoms. The van der Waals surface area contributed by atoms with Gasteiger partial charge in [-0.25, -0.2) is 4.98 Å². The molecule has 0 aliphatic carbocycles. The lowest BCUT2D eigenvalue weighted by molar-refractivity contribution is -0.143. The van der Waals surface area contributed by atoms with Crippen molar-refractivity contribution >= 4 is 39.1 Å². The van der Waals surface area contributed by atoms with Crippen molar-refractivity contribution in [2.75, 3.05) is 18.4 Å². The van der Waals surface area contributed by atoms with Gasteiger partial charge in [-0.2, -0.15) is 4.98 Å². The predicted octanol–water partition coefficient (Wildman–Crippen LogP) is 4.29. The minimum absolute atomic E-state index is 0.0790. The molecule has 152 valence electrons. The lowest BCUT2D eigenvalue weighted by atomic mass is 9.96. The maximum Gasteiger partial charge on any atom is 0.246 e. The molecule has 1 saturated heterocycles. The van der Waals surface area contributed by atoms with Crippen LogP contribution >= 0.6 is 11.3 Å². The van der Waals surface area contributed by atoms with Crippen molar-refractivity contribution < 1.29 is 9.53 Å². The summed E-state index contributed by atoms with van der Waals surface area (Å²) in [6.45, 7) is 12.9. The maximum absolute atomic E-state index is 11.8. The summed E-state index contributed by atoms with van der Waals surface area (Å²) in [4.78, 5) is 23.7. The first kappa shape index (κ1) is 19.4. The number of nitrogens with zero attached hydrogens (tertiary/aromatic N) is 4. The van der Waals surface area contributed by atoms with Gasteiger partial charge in [0.05, 0.1) is 24.0 Å². The van der Waals surface area contributed by atoms with E-state index < -0.39 is 5.60 Å². The monoisotopic (exact) mass is 411 g/mol. The molecule has 0 atom stereocenters. The van der Waals surface area contributed by atoms with E-state index in [1.165, 1.54) is 6.08 Å². The summed E-state index contributed by atoms with van der Waals surface area (Å²) < 4.78 is 8.54. The number of carbonyl (C=O) groups excluding carboxylic acids is 1. The first-order chi connectivity index (χ1) is 13.8. The van der Waals surface area contributed by atoms with E-state index in [0.717, 1.165) is 20.9 Å². The first-order valence-corrected chi connectivity index (χ1v) is 10.4. The van der Waals surface area contributed by atoms with E-state index in [4.69, 9.17) is 9.72 Å². The van der Waals surface area contributed by atoms with E-state index in [1.807, 2.05) is 32.2 Å². The largest absolute Gasteiger partial charge is 0.467 e. The number of carbonyl (C=O) groups is 1. The van der Waals surface area contributed by atoms with Gasteiger partial charge >= 0.3 is 0 Å². The fourth-order valence-corrected chi connectivity index (χ4v) is 4.25. The number of rotatable bonds is 6. The molecule has 8 heteroatoms. The number of pyridine rings is 1. The Morgan fingerprint density at radius 2 is 2.21 bits per heavy atom. The minimum atomic E-state index is -0.477. The summed E-state index contributed by atoms with van der Waals surface area (Å²) in [5.41, 5.74) is 0.567. The summed E-state index contributed by atoms with van der Waals surface area (Å²) in [6.07, 6.45) is 5.22. The smallest absolute Gasteiger partial charge is 0.246 e. The van der Waals surface area contributed by atoms with E-state index >= 15 is 0 Å². The van der Waals surface area contributed by atoms with Gasteiger partial charge in [0.1, 0.15) is 11.4 Å². The van der Waals surface area contributed by atoms with Gasteiger partial charge in [0.15, 0.2) is 5.13 Å². The van der Waals surface area contributed by atoms with E-state index in [2.05, 4.69) is 41.5 Å². The van der Waals surface area contributed by atoms with Crippen molar-refractivity contribution in [3.05, 3.63) is 42.1 Å². The van der Waals surface area contributed by atoms with E-state index in [0.29, 0.717) is 30.8 Å². The number of likely N-dealkylation sites (tertiary alicyclic amines) is 1. The molecule has 1 aliphatic heterocycles. The lowest BCUT2D eigenvalue weighted by Gasteiger charge is -2.46. The molecule has 0 radical (unpaired) electrons. The van der Waals surface area contributed by atoms with Gasteiger partial charge in [0.2, 0.25) is 11.8 Å². The zero-order valence-electron chi connectivity index (χ0n) is 17.1. The first-order valence-electron chi connectivity index (χ1n) is 9.59. The second-order valence-corrected chi connectivity index (χ2v) is 9.15. The molecule has 0 saturated carbocycles. The maximum atomic E-state index is 11.8. The molecule has 4 heterocycles. The van der Waals surface area contributed by atoms with Gasteiger partial charge in [0.25, 0.3) is 0 Å². The van der Waals surface area contributed by atoms with Crippen LogP contribution in [-0.4, -0.2) is 44.0 Å². The van der Waals surface area contributed by atoms with Crippen LogP contribution in [0.1, 0.15) is 31.7 Å². The molecule has 3 aromatic heterocycles. The van der Waals surface area contributed by atoms with Crippen LogP contribution in [-0.2, 0) is 4.79 Å². The van der Waals surface area contributed by atoms with E-state index in [-0.39, 0.29) is 5.91 Å². The third-order valence-electron chi connectivity index (χ3n) is 4.97. The molecule has 1 N–H and O–H groups in total. The Labute approximate surface area is 174 Å². The molecule has 0 spiro atoms. The molecule has 1 aliphatic rings. The molecular weight excluding hydrogens is 386 g/mol. The molecule has 3 aromatic rings. The van der Waals surface area contributed by atoms with Crippen LogP contribution in [0, 0.1) is 6.92 Å². The number of aryl methyl sites for hydroxylation is 1. The van der Waals surface area contributed by atoms with Crippen LogP contribution in [0.3, 0.4) is 0 Å². The molecule has 1 amide bonds. The molecule has 4 rings (SSSR count).